The molecule has 0 aliphatic rings. The van der Waals surface area contributed by atoms with Gasteiger partial charge >= 0.3 is 11.9 Å². The van der Waals surface area contributed by atoms with Gasteiger partial charge in [0, 0.05) is 36.7 Å². The molecule has 2 rings (SSSR count). The van der Waals surface area contributed by atoms with Crippen LogP contribution in [0.15, 0.2) is 42.5 Å². The first kappa shape index (κ1) is 39.9. The number of carbonyl (C=O) groups is 5. The molecule has 0 fully saturated rings. The number of carbonyl (C=O) groups excluding carboxylic acids is 3. The van der Waals surface area contributed by atoms with Gasteiger partial charge < -0.3 is 41.5 Å². The minimum Gasteiger partial charge on any atom is -0.508 e. The number of methoxy groups -OCH3 is 1. The van der Waals surface area contributed by atoms with Crippen LogP contribution in [0.2, 0.25) is 0 Å². The third-order valence-electron chi connectivity index (χ3n) is 7.65. The number of aliphatic carboxylic acids is 2. The summed E-state index contributed by atoms with van der Waals surface area (Å²) >= 11 is 1.32. The van der Waals surface area contributed by atoms with E-state index in [2.05, 4.69) is 17.6 Å². The molecule has 0 spiro atoms. The number of Topliss-reactive ketones (excluding diaryl/α,β-unsaturated/α-hetero) is 1. The van der Waals surface area contributed by atoms with Gasteiger partial charge in [-0.1, -0.05) is 44.4 Å². The molecule has 0 aromatic heterocycles. The zero-order chi connectivity index (χ0) is 35.6. The Labute approximate surface area is 284 Å². The van der Waals surface area contributed by atoms with Crippen molar-refractivity contribution in [3.05, 3.63) is 53.6 Å². The summed E-state index contributed by atoms with van der Waals surface area (Å²) < 4.78 is 5.15. The van der Waals surface area contributed by atoms with Crippen molar-refractivity contribution in [1.29, 1.82) is 0 Å². The van der Waals surface area contributed by atoms with Gasteiger partial charge in [0.1, 0.15) is 23.6 Å². The number of nitrogens with two attached hydrogens (primary N) is 1. The third-order valence-corrected chi connectivity index (χ3v) is 9.05. The Hall–Kier alpha value is -4.30. The Morgan fingerprint density at radius 1 is 0.875 bits per heavy atom. The highest BCUT2D eigenvalue weighted by Gasteiger charge is 2.29. The quantitative estimate of drug-likeness (QED) is 0.0836. The van der Waals surface area contributed by atoms with Gasteiger partial charge in [0.15, 0.2) is 11.5 Å². The Bertz CT molecular complexity index is 1370. The molecule has 0 bridgehead atoms. The Morgan fingerprint density at radius 2 is 1.54 bits per heavy atom. The first-order valence-electron chi connectivity index (χ1n) is 15.9. The van der Waals surface area contributed by atoms with E-state index >= 15 is 0 Å². The molecule has 0 aliphatic heterocycles. The number of carboxylic acids is 2. The maximum atomic E-state index is 13.5. The van der Waals surface area contributed by atoms with Crippen molar-refractivity contribution in [3.8, 4) is 17.2 Å². The van der Waals surface area contributed by atoms with Crippen molar-refractivity contribution in [1.82, 2.24) is 10.6 Å². The van der Waals surface area contributed by atoms with Crippen LogP contribution >= 0.6 is 11.8 Å². The molecule has 264 valence electrons. The fourth-order valence-corrected chi connectivity index (χ4v) is 6.16. The molecule has 0 radical (unpaired) electrons. The smallest absolute Gasteiger partial charge is 0.326 e. The monoisotopic (exact) mass is 689 g/mol. The number of thioether (sulfide) groups is 1. The van der Waals surface area contributed by atoms with Crippen LogP contribution in [0.5, 0.6) is 17.2 Å². The highest BCUT2D eigenvalue weighted by Crippen LogP contribution is 2.28. The predicted molar refractivity (Wildman–Crippen MR) is 181 cm³/mol. The van der Waals surface area contributed by atoms with E-state index in [-0.39, 0.29) is 60.4 Å². The second-order valence-corrected chi connectivity index (χ2v) is 12.9. The third kappa shape index (κ3) is 14.6. The maximum absolute atomic E-state index is 13.5. The minimum absolute atomic E-state index is 0.00116. The van der Waals surface area contributed by atoms with E-state index in [1.807, 2.05) is 0 Å². The van der Waals surface area contributed by atoms with Gasteiger partial charge in [-0.05, 0) is 54.7 Å². The molecule has 0 saturated heterocycles. The number of aromatic hydroxyl groups is 2. The lowest BCUT2D eigenvalue weighted by Crippen LogP contribution is -2.56. The number of nitrogens with one attached hydrogen (secondary N) is 2. The van der Waals surface area contributed by atoms with Crippen molar-refractivity contribution in [3.63, 3.8) is 0 Å². The van der Waals surface area contributed by atoms with Gasteiger partial charge in [-0.2, -0.15) is 11.8 Å². The standard InChI is InChI=1S/C34H47N3O10S/c1-3-4-5-6-25(19-24(39)13-9-22-10-15-29(40)30(18-22)47-2)48-20-28(37-32(43)26(35)14-16-31(41)42)33(44)36-27(34(45)46)17-21-7-11-23(38)12-8-21/h7-8,10-12,15,18,25-28,38,40H,3-6,9,13-14,16-17,19-20,35H2,1-2H3,(H,36,44)(H,37,43)(H,41,42)(H,45,46). The molecular formula is C34H47N3O10S. The molecular weight excluding hydrogens is 642 g/mol. The molecule has 0 saturated carbocycles. The number of hydrogen-bond donors (Lipinski definition) is 7. The molecule has 13 nitrogen and oxygen atoms in total. The summed E-state index contributed by atoms with van der Waals surface area (Å²) in [5.74, 6) is -3.64. The SMILES string of the molecule is CCCCCC(CC(=O)CCc1ccc(O)c(OC)c1)SCC(NC(=O)C(N)CCC(=O)O)C(=O)NC(Cc1ccc(O)cc1)C(=O)O. The molecule has 0 aliphatic carbocycles. The van der Waals surface area contributed by atoms with Gasteiger partial charge in [-0.15, -0.1) is 0 Å². The average molecular weight is 690 g/mol. The van der Waals surface area contributed by atoms with E-state index in [0.717, 1.165) is 24.8 Å². The van der Waals surface area contributed by atoms with Crippen LogP contribution in [0.25, 0.3) is 0 Å². The number of ketones is 1. The van der Waals surface area contributed by atoms with Gasteiger partial charge in [-0.25, -0.2) is 4.79 Å². The average Bonchev–Trinajstić information content (AvgIpc) is 3.05. The van der Waals surface area contributed by atoms with E-state index in [1.165, 1.54) is 49.2 Å². The van der Waals surface area contributed by atoms with Crippen LogP contribution in [0.1, 0.15) is 69.4 Å². The summed E-state index contributed by atoms with van der Waals surface area (Å²) in [5.41, 5.74) is 7.27. The highest BCUT2D eigenvalue weighted by atomic mass is 32.2. The summed E-state index contributed by atoms with van der Waals surface area (Å²) in [7, 11) is 1.44. The first-order valence-corrected chi connectivity index (χ1v) is 17.0. The summed E-state index contributed by atoms with van der Waals surface area (Å²) in [5, 5.41) is 43.1. The zero-order valence-electron chi connectivity index (χ0n) is 27.4. The van der Waals surface area contributed by atoms with Crippen LogP contribution < -0.4 is 21.1 Å². The summed E-state index contributed by atoms with van der Waals surface area (Å²) in [6, 6.07) is 6.97. The lowest BCUT2D eigenvalue weighted by Gasteiger charge is -2.25. The van der Waals surface area contributed by atoms with Crippen molar-refractivity contribution < 1.29 is 49.1 Å². The summed E-state index contributed by atoms with van der Waals surface area (Å²) in [6.45, 7) is 2.06. The van der Waals surface area contributed by atoms with Crippen LogP contribution in [-0.2, 0) is 36.8 Å². The number of phenols is 2. The second-order valence-electron chi connectivity index (χ2n) is 11.6. The van der Waals surface area contributed by atoms with E-state index in [0.29, 0.717) is 24.2 Å². The number of ether oxygens (including phenoxy) is 1. The molecule has 4 atom stereocenters. The Kier molecular flexibility index (Phi) is 17.3. The molecule has 48 heavy (non-hydrogen) atoms. The van der Waals surface area contributed by atoms with Crippen LogP contribution in [0, 0.1) is 0 Å². The van der Waals surface area contributed by atoms with Crippen LogP contribution in [-0.4, -0.2) is 86.2 Å². The summed E-state index contributed by atoms with van der Waals surface area (Å²) in [6.07, 6.45) is 3.70. The lowest BCUT2D eigenvalue weighted by molar-refractivity contribution is -0.142. The van der Waals surface area contributed by atoms with Gasteiger partial charge in [0.05, 0.1) is 13.2 Å². The van der Waals surface area contributed by atoms with Crippen molar-refractivity contribution >= 4 is 41.3 Å². The minimum atomic E-state index is -1.35. The number of carboxylic acid groups (broad SMARTS) is 2. The van der Waals surface area contributed by atoms with Crippen molar-refractivity contribution in [2.45, 2.75) is 94.5 Å². The fraction of sp³-hybridized carbons (Fsp3) is 0.500. The van der Waals surface area contributed by atoms with Crippen molar-refractivity contribution in [2.24, 2.45) is 5.73 Å². The van der Waals surface area contributed by atoms with E-state index in [4.69, 9.17) is 15.6 Å². The Balaban J connectivity index is 2.18. The number of hydrogen-bond acceptors (Lipinski definition) is 10. The molecule has 0 heterocycles. The topological polar surface area (TPSA) is 226 Å². The highest BCUT2D eigenvalue weighted by molar-refractivity contribution is 8.00. The summed E-state index contributed by atoms with van der Waals surface area (Å²) in [4.78, 5) is 62.5. The molecule has 2 aromatic rings. The first-order chi connectivity index (χ1) is 22.8. The predicted octanol–water partition coefficient (Wildman–Crippen LogP) is 3.17. The number of amides is 2. The normalized spacial score (nSPS) is 13.5. The number of unbranched alkanes of at least 4 members (excludes halogenated alkanes) is 2. The molecule has 14 heteroatoms. The fourth-order valence-electron chi connectivity index (χ4n) is 4.83. The van der Waals surface area contributed by atoms with Crippen molar-refractivity contribution in [2.75, 3.05) is 12.9 Å². The molecule has 4 unspecified atom stereocenters. The molecule has 8 N–H and O–H groups in total. The zero-order valence-corrected chi connectivity index (χ0v) is 28.2. The van der Waals surface area contributed by atoms with E-state index in [1.54, 1.807) is 12.1 Å². The second kappa shape index (κ2) is 20.8. The number of rotatable bonds is 23. The van der Waals surface area contributed by atoms with Gasteiger partial charge in [0.25, 0.3) is 0 Å². The van der Waals surface area contributed by atoms with Crippen LogP contribution in [0.3, 0.4) is 0 Å². The number of aryl methyl sites for hydroxylation is 1. The molecule has 2 aromatic carbocycles. The van der Waals surface area contributed by atoms with Gasteiger partial charge in [-0.3, -0.25) is 19.2 Å². The van der Waals surface area contributed by atoms with E-state index in [9.17, 15) is 39.3 Å². The van der Waals surface area contributed by atoms with E-state index < -0.39 is 41.9 Å². The largest absolute Gasteiger partial charge is 0.508 e. The number of benzene rings is 2. The van der Waals surface area contributed by atoms with Crippen LogP contribution in [0.4, 0.5) is 0 Å². The molecule has 2 amide bonds. The van der Waals surface area contributed by atoms with Gasteiger partial charge in [0.2, 0.25) is 11.8 Å². The lowest BCUT2D eigenvalue weighted by atomic mass is 10.0. The maximum Gasteiger partial charge on any atom is 0.326 e. The number of phenolic OH excluding ortho intramolecular Hbond substituents is 2. The Morgan fingerprint density at radius 3 is 2.17 bits per heavy atom.